The summed E-state index contributed by atoms with van der Waals surface area (Å²) in [4.78, 5) is 0.679. The van der Waals surface area contributed by atoms with Gasteiger partial charge in [-0.05, 0) is 35.9 Å². The van der Waals surface area contributed by atoms with Crippen molar-refractivity contribution in [2.24, 2.45) is 5.73 Å². The van der Waals surface area contributed by atoms with E-state index in [-0.39, 0.29) is 12.8 Å². The van der Waals surface area contributed by atoms with Gasteiger partial charge in [0.15, 0.2) is 11.5 Å². The molecule has 2 aromatic carbocycles. The van der Waals surface area contributed by atoms with Crippen LogP contribution in [0.5, 0.6) is 11.5 Å². The maximum atomic E-state index is 12.3. The molecule has 1 heterocycles. The average Bonchev–Trinajstić information content (AvgIpc) is 2.94. The van der Waals surface area contributed by atoms with Gasteiger partial charge in [0.2, 0.25) is 6.79 Å². The lowest BCUT2D eigenvalue weighted by Gasteiger charge is -2.12. The minimum absolute atomic E-state index is 0.225. The molecule has 2 unspecified atom stereocenters. The number of rotatable bonds is 4. The van der Waals surface area contributed by atoms with Gasteiger partial charge in [0, 0.05) is 21.7 Å². The Labute approximate surface area is 130 Å². The fourth-order valence-electron chi connectivity index (χ4n) is 2.11. The van der Waals surface area contributed by atoms with E-state index < -0.39 is 10.8 Å². The Morgan fingerprint density at radius 2 is 2.00 bits per heavy atom. The highest BCUT2D eigenvalue weighted by Gasteiger charge is 2.18. The van der Waals surface area contributed by atoms with Crippen LogP contribution in [0.1, 0.15) is 11.6 Å². The monoisotopic (exact) mass is 323 g/mol. The van der Waals surface area contributed by atoms with E-state index in [0.717, 1.165) is 5.56 Å². The predicted octanol–water partition coefficient (Wildman–Crippen LogP) is 2.88. The van der Waals surface area contributed by atoms with Crippen LogP contribution in [0.15, 0.2) is 47.4 Å². The van der Waals surface area contributed by atoms with Gasteiger partial charge in [0.1, 0.15) is 0 Å². The number of hydrogen-bond acceptors (Lipinski definition) is 4. The third-order valence-electron chi connectivity index (χ3n) is 3.21. The molecule has 1 aliphatic rings. The first-order chi connectivity index (χ1) is 10.1. The second-order valence-electron chi connectivity index (χ2n) is 4.69. The molecule has 21 heavy (non-hydrogen) atoms. The highest BCUT2D eigenvalue weighted by atomic mass is 35.5. The lowest BCUT2D eigenvalue weighted by molar-refractivity contribution is 0.174. The van der Waals surface area contributed by atoms with Gasteiger partial charge in [0.05, 0.1) is 10.8 Å². The smallest absolute Gasteiger partial charge is 0.231 e. The summed E-state index contributed by atoms with van der Waals surface area (Å²) < 4.78 is 22.9. The molecule has 0 amide bonds. The summed E-state index contributed by atoms with van der Waals surface area (Å²) in [5.41, 5.74) is 7.01. The van der Waals surface area contributed by atoms with Crippen molar-refractivity contribution in [3.8, 4) is 11.5 Å². The predicted molar refractivity (Wildman–Crippen MR) is 82.2 cm³/mol. The highest BCUT2D eigenvalue weighted by molar-refractivity contribution is 7.85. The van der Waals surface area contributed by atoms with Crippen LogP contribution in [0.3, 0.4) is 0 Å². The minimum atomic E-state index is -1.20. The number of benzene rings is 2. The number of ether oxygens (including phenoxy) is 2. The van der Waals surface area contributed by atoms with Gasteiger partial charge >= 0.3 is 0 Å². The zero-order valence-corrected chi connectivity index (χ0v) is 12.7. The second-order valence-corrected chi connectivity index (χ2v) is 6.62. The van der Waals surface area contributed by atoms with Gasteiger partial charge < -0.3 is 15.2 Å². The van der Waals surface area contributed by atoms with Crippen molar-refractivity contribution in [1.82, 2.24) is 0 Å². The molecule has 3 rings (SSSR count). The van der Waals surface area contributed by atoms with Crippen LogP contribution < -0.4 is 15.2 Å². The first kappa shape index (κ1) is 14.4. The van der Waals surface area contributed by atoms with Crippen molar-refractivity contribution in [3.05, 3.63) is 53.1 Å². The standard InChI is InChI=1S/C15H14ClNO3S/c16-11-2-1-3-12(7-11)21(18)8-13(17)10-4-5-14-15(6-10)20-9-19-14/h1-7,13H,8-9,17H2. The molecule has 2 atom stereocenters. The van der Waals surface area contributed by atoms with Crippen LogP contribution in [-0.2, 0) is 10.8 Å². The number of hydrogen-bond donors (Lipinski definition) is 1. The van der Waals surface area contributed by atoms with E-state index in [4.69, 9.17) is 26.8 Å². The Bertz CT molecular complexity index is 692. The zero-order valence-electron chi connectivity index (χ0n) is 11.1. The third kappa shape index (κ3) is 3.20. The lowest BCUT2D eigenvalue weighted by Crippen LogP contribution is -2.18. The quantitative estimate of drug-likeness (QED) is 0.939. The second kappa shape index (κ2) is 6.05. The van der Waals surface area contributed by atoms with Gasteiger partial charge in [-0.1, -0.05) is 23.7 Å². The summed E-state index contributed by atoms with van der Waals surface area (Å²) in [5.74, 6) is 1.71. The lowest BCUT2D eigenvalue weighted by atomic mass is 10.1. The molecule has 0 aromatic heterocycles. The number of halogens is 1. The summed E-state index contributed by atoms with van der Waals surface area (Å²) >= 11 is 5.91. The van der Waals surface area contributed by atoms with Gasteiger partial charge in [-0.3, -0.25) is 4.21 Å². The summed E-state index contributed by atoms with van der Waals surface area (Å²) in [6, 6.07) is 12.2. The first-order valence-corrected chi connectivity index (χ1v) is 8.12. The van der Waals surface area contributed by atoms with Crippen molar-refractivity contribution in [2.75, 3.05) is 12.5 Å². The van der Waals surface area contributed by atoms with E-state index in [9.17, 15) is 4.21 Å². The zero-order chi connectivity index (χ0) is 14.8. The van der Waals surface area contributed by atoms with Crippen molar-refractivity contribution >= 4 is 22.4 Å². The van der Waals surface area contributed by atoms with Crippen molar-refractivity contribution in [2.45, 2.75) is 10.9 Å². The molecule has 0 saturated heterocycles. The average molecular weight is 324 g/mol. The van der Waals surface area contributed by atoms with Crippen LogP contribution in [0.25, 0.3) is 0 Å². The molecule has 110 valence electrons. The Hall–Kier alpha value is -1.56. The van der Waals surface area contributed by atoms with E-state index in [1.165, 1.54) is 0 Å². The molecule has 0 bridgehead atoms. The van der Waals surface area contributed by atoms with E-state index in [2.05, 4.69) is 0 Å². The van der Waals surface area contributed by atoms with E-state index >= 15 is 0 Å². The Morgan fingerprint density at radius 1 is 1.19 bits per heavy atom. The Kier molecular flexibility index (Phi) is 4.14. The number of nitrogens with two attached hydrogens (primary N) is 1. The highest BCUT2D eigenvalue weighted by Crippen LogP contribution is 2.34. The number of fused-ring (bicyclic) bond motifs is 1. The van der Waals surface area contributed by atoms with E-state index in [1.54, 1.807) is 24.3 Å². The summed E-state index contributed by atoms with van der Waals surface area (Å²) in [7, 11) is -1.20. The van der Waals surface area contributed by atoms with Crippen LogP contribution in [0.2, 0.25) is 5.02 Å². The fourth-order valence-corrected chi connectivity index (χ4v) is 3.56. The minimum Gasteiger partial charge on any atom is -0.454 e. The molecule has 0 aliphatic carbocycles. The molecule has 0 radical (unpaired) electrons. The molecular weight excluding hydrogens is 310 g/mol. The van der Waals surface area contributed by atoms with Crippen molar-refractivity contribution in [1.29, 1.82) is 0 Å². The first-order valence-electron chi connectivity index (χ1n) is 6.42. The maximum Gasteiger partial charge on any atom is 0.231 e. The Morgan fingerprint density at radius 3 is 2.81 bits per heavy atom. The SMILES string of the molecule is NC(CS(=O)c1cccc(Cl)c1)c1ccc2c(c1)OCO2. The van der Waals surface area contributed by atoms with E-state index in [0.29, 0.717) is 27.2 Å². The summed E-state index contributed by atoms with van der Waals surface area (Å²) in [5, 5.41) is 0.567. The Balaban J connectivity index is 1.74. The molecular formula is C15H14ClNO3S. The largest absolute Gasteiger partial charge is 0.454 e. The van der Waals surface area contributed by atoms with Gasteiger partial charge in [-0.25, -0.2) is 0 Å². The molecule has 1 aliphatic heterocycles. The topological polar surface area (TPSA) is 61.6 Å². The molecule has 0 saturated carbocycles. The van der Waals surface area contributed by atoms with Gasteiger partial charge in [-0.2, -0.15) is 0 Å². The molecule has 0 fully saturated rings. The molecule has 4 nitrogen and oxygen atoms in total. The normalized spacial score (nSPS) is 15.7. The molecule has 0 spiro atoms. The maximum absolute atomic E-state index is 12.3. The summed E-state index contributed by atoms with van der Waals surface area (Å²) in [6.07, 6.45) is 0. The molecule has 2 aromatic rings. The fraction of sp³-hybridized carbons (Fsp3) is 0.200. The van der Waals surface area contributed by atoms with Gasteiger partial charge in [-0.15, -0.1) is 0 Å². The van der Waals surface area contributed by atoms with Crippen molar-refractivity contribution < 1.29 is 13.7 Å². The summed E-state index contributed by atoms with van der Waals surface area (Å²) in [6.45, 7) is 0.225. The van der Waals surface area contributed by atoms with Crippen LogP contribution in [0, 0.1) is 0 Å². The molecule has 2 N–H and O–H groups in total. The van der Waals surface area contributed by atoms with Crippen molar-refractivity contribution in [3.63, 3.8) is 0 Å². The van der Waals surface area contributed by atoms with E-state index in [1.807, 2.05) is 18.2 Å². The van der Waals surface area contributed by atoms with Crippen LogP contribution >= 0.6 is 11.6 Å². The van der Waals surface area contributed by atoms with Gasteiger partial charge in [0.25, 0.3) is 0 Å². The molecule has 6 heteroatoms. The van der Waals surface area contributed by atoms with Crippen LogP contribution in [-0.4, -0.2) is 16.8 Å². The van der Waals surface area contributed by atoms with Crippen LogP contribution in [0.4, 0.5) is 0 Å². The third-order valence-corrected chi connectivity index (χ3v) is 4.89.